The Labute approximate surface area is 175 Å². The minimum Gasteiger partial charge on any atom is -0.381 e. The summed E-state index contributed by atoms with van der Waals surface area (Å²) in [4.78, 5) is 24.3. The van der Waals surface area contributed by atoms with Crippen LogP contribution in [0, 0.1) is 12.8 Å². The van der Waals surface area contributed by atoms with Gasteiger partial charge in [-0.15, -0.1) is 0 Å². The van der Waals surface area contributed by atoms with E-state index in [1.165, 1.54) is 5.56 Å². The fourth-order valence-electron chi connectivity index (χ4n) is 4.72. The Morgan fingerprint density at radius 2 is 1.93 bits per heavy atom. The van der Waals surface area contributed by atoms with Crippen LogP contribution in [-0.2, 0) is 16.1 Å². The number of hydrogen-bond acceptors (Lipinski definition) is 5. The molecule has 3 aliphatic rings. The number of aromatic nitrogens is 1. The van der Waals surface area contributed by atoms with E-state index >= 15 is 0 Å². The van der Waals surface area contributed by atoms with E-state index < -0.39 is 0 Å². The summed E-state index contributed by atoms with van der Waals surface area (Å²) in [6.07, 6.45) is 7.47. The van der Waals surface area contributed by atoms with Crippen molar-refractivity contribution in [2.75, 3.05) is 46.4 Å². The molecular weight excluding hydrogens is 364 g/mol. The third kappa shape index (κ3) is 5.56. The van der Waals surface area contributed by atoms with Gasteiger partial charge in [-0.05, 0) is 57.7 Å². The van der Waals surface area contributed by atoms with Gasteiger partial charge in [0, 0.05) is 70.1 Å². The molecule has 2 aliphatic heterocycles. The lowest BCUT2D eigenvalue weighted by Gasteiger charge is -2.39. The Bertz CT molecular complexity index is 670. The molecule has 0 bridgehead atoms. The minimum absolute atomic E-state index is 0.332. The third-order valence-corrected chi connectivity index (χ3v) is 6.67. The summed E-state index contributed by atoms with van der Waals surface area (Å²) in [5, 5.41) is 0. The molecule has 1 amide bonds. The van der Waals surface area contributed by atoms with Gasteiger partial charge in [-0.1, -0.05) is 6.07 Å². The maximum atomic E-state index is 12.5. The zero-order valence-corrected chi connectivity index (χ0v) is 18.1. The molecule has 160 valence electrons. The molecule has 0 spiro atoms. The summed E-state index contributed by atoms with van der Waals surface area (Å²) in [6.45, 7) is 8.58. The molecule has 3 heterocycles. The first-order valence-electron chi connectivity index (χ1n) is 11.3. The molecular formula is C23H36N4O2. The molecule has 1 aromatic rings. The van der Waals surface area contributed by atoms with E-state index in [4.69, 9.17) is 4.74 Å². The van der Waals surface area contributed by atoms with Crippen molar-refractivity contribution in [1.29, 1.82) is 0 Å². The summed E-state index contributed by atoms with van der Waals surface area (Å²) < 4.78 is 5.62. The highest BCUT2D eigenvalue weighted by Gasteiger charge is 2.39. The van der Waals surface area contributed by atoms with Crippen molar-refractivity contribution in [2.45, 2.75) is 57.7 Å². The van der Waals surface area contributed by atoms with Crippen LogP contribution < -0.4 is 0 Å². The van der Waals surface area contributed by atoms with Crippen molar-refractivity contribution in [2.24, 2.45) is 5.92 Å². The molecule has 0 radical (unpaired) electrons. The molecule has 1 atom stereocenters. The summed E-state index contributed by atoms with van der Waals surface area (Å²) in [5.74, 6) is 0.736. The van der Waals surface area contributed by atoms with Crippen LogP contribution in [0.25, 0.3) is 0 Å². The second kappa shape index (κ2) is 9.54. The van der Waals surface area contributed by atoms with Crippen LogP contribution >= 0.6 is 0 Å². The van der Waals surface area contributed by atoms with E-state index in [1.54, 1.807) is 0 Å². The van der Waals surface area contributed by atoms with Crippen molar-refractivity contribution < 1.29 is 9.53 Å². The predicted octanol–water partition coefficient (Wildman–Crippen LogP) is 2.31. The van der Waals surface area contributed by atoms with Crippen molar-refractivity contribution in [1.82, 2.24) is 19.7 Å². The smallest absolute Gasteiger partial charge is 0.225 e. The summed E-state index contributed by atoms with van der Waals surface area (Å²) >= 11 is 0. The van der Waals surface area contributed by atoms with Gasteiger partial charge >= 0.3 is 0 Å². The number of pyridine rings is 1. The zero-order chi connectivity index (χ0) is 20.2. The van der Waals surface area contributed by atoms with Crippen LogP contribution in [0.3, 0.4) is 0 Å². The number of hydrogen-bond donors (Lipinski definition) is 0. The Morgan fingerprint density at radius 1 is 1.14 bits per heavy atom. The van der Waals surface area contributed by atoms with Crippen LogP contribution in [0.4, 0.5) is 0 Å². The van der Waals surface area contributed by atoms with E-state index in [2.05, 4.69) is 45.8 Å². The SMILES string of the molecule is Cc1ccc(CN(C)CCN(C2CCOCC2)C2CCN(C(=O)C3CC3)C2)nc1. The largest absolute Gasteiger partial charge is 0.381 e. The van der Waals surface area contributed by atoms with E-state index in [9.17, 15) is 4.79 Å². The van der Waals surface area contributed by atoms with Crippen LogP contribution in [-0.4, -0.2) is 84.1 Å². The lowest BCUT2D eigenvalue weighted by Crippen LogP contribution is -2.49. The van der Waals surface area contributed by atoms with Crippen LogP contribution in [0.2, 0.25) is 0 Å². The molecule has 2 saturated heterocycles. The van der Waals surface area contributed by atoms with Crippen molar-refractivity contribution in [3.05, 3.63) is 29.6 Å². The van der Waals surface area contributed by atoms with Crippen LogP contribution in [0.1, 0.15) is 43.4 Å². The van der Waals surface area contributed by atoms with E-state index in [0.717, 1.165) is 83.7 Å². The van der Waals surface area contributed by atoms with E-state index in [-0.39, 0.29) is 0 Å². The first-order valence-corrected chi connectivity index (χ1v) is 11.3. The fourth-order valence-corrected chi connectivity index (χ4v) is 4.72. The first-order chi connectivity index (χ1) is 14.1. The number of nitrogens with zero attached hydrogens (tertiary/aromatic N) is 4. The van der Waals surface area contributed by atoms with Crippen molar-refractivity contribution in [3.63, 3.8) is 0 Å². The molecule has 6 heteroatoms. The fraction of sp³-hybridized carbons (Fsp3) is 0.739. The van der Waals surface area contributed by atoms with Gasteiger partial charge in [-0.25, -0.2) is 0 Å². The molecule has 4 rings (SSSR count). The maximum Gasteiger partial charge on any atom is 0.225 e. The maximum absolute atomic E-state index is 12.5. The Balaban J connectivity index is 1.34. The van der Waals surface area contributed by atoms with Gasteiger partial charge in [0.2, 0.25) is 5.91 Å². The second-order valence-corrected chi connectivity index (χ2v) is 9.15. The molecule has 0 aromatic carbocycles. The van der Waals surface area contributed by atoms with Crippen molar-refractivity contribution in [3.8, 4) is 0 Å². The number of ether oxygens (including phenoxy) is 1. The molecule has 1 saturated carbocycles. The summed E-state index contributed by atoms with van der Waals surface area (Å²) in [6, 6.07) is 5.33. The molecule has 0 N–H and O–H groups in total. The monoisotopic (exact) mass is 400 g/mol. The lowest BCUT2D eigenvalue weighted by molar-refractivity contribution is -0.131. The minimum atomic E-state index is 0.332. The molecule has 1 unspecified atom stereocenters. The Morgan fingerprint density at radius 3 is 2.62 bits per heavy atom. The highest BCUT2D eigenvalue weighted by Crippen LogP contribution is 2.33. The standard InChI is InChI=1S/C23H36N4O2/c1-18-3-6-20(24-15-18)16-25(2)11-12-27(21-8-13-29-14-9-21)22-7-10-26(17-22)23(28)19-4-5-19/h3,6,15,19,21-22H,4-5,7-14,16-17H2,1-2H3. The summed E-state index contributed by atoms with van der Waals surface area (Å²) in [7, 11) is 2.18. The van der Waals surface area contributed by atoms with Gasteiger partial charge in [-0.2, -0.15) is 0 Å². The van der Waals surface area contributed by atoms with E-state index in [0.29, 0.717) is 23.9 Å². The van der Waals surface area contributed by atoms with Crippen molar-refractivity contribution >= 4 is 5.91 Å². The molecule has 1 aromatic heterocycles. The first kappa shape index (κ1) is 20.8. The third-order valence-electron chi connectivity index (χ3n) is 6.67. The van der Waals surface area contributed by atoms with Gasteiger partial charge in [-0.3, -0.25) is 19.6 Å². The molecule has 29 heavy (non-hydrogen) atoms. The van der Waals surface area contributed by atoms with Gasteiger partial charge in [0.1, 0.15) is 0 Å². The predicted molar refractivity (Wildman–Crippen MR) is 114 cm³/mol. The number of likely N-dealkylation sites (N-methyl/N-ethyl adjacent to an activating group) is 1. The molecule has 1 aliphatic carbocycles. The van der Waals surface area contributed by atoms with Gasteiger partial charge in [0.25, 0.3) is 0 Å². The summed E-state index contributed by atoms with van der Waals surface area (Å²) in [5.41, 5.74) is 2.33. The van der Waals surface area contributed by atoms with Gasteiger partial charge in [0.05, 0.1) is 5.69 Å². The molecule has 6 nitrogen and oxygen atoms in total. The number of aryl methyl sites for hydroxylation is 1. The van der Waals surface area contributed by atoms with E-state index in [1.807, 2.05) is 6.20 Å². The number of likely N-dealkylation sites (tertiary alicyclic amines) is 1. The highest BCUT2D eigenvalue weighted by molar-refractivity contribution is 5.81. The number of amides is 1. The number of rotatable bonds is 8. The highest BCUT2D eigenvalue weighted by atomic mass is 16.5. The lowest BCUT2D eigenvalue weighted by atomic mass is 10.0. The number of carbonyl (C=O) groups is 1. The zero-order valence-electron chi connectivity index (χ0n) is 18.1. The topological polar surface area (TPSA) is 48.9 Å². The average Bonchev–Trinajstić information content (AvgIpc) is 3.48. The van der Waals surface area contributed by atoms with Gasteiger partial charge < -0.3 is 9.64 Å². The van der Waals surface area contributed by atoms with Crippen LogP contribution in [0.5, 0.6) is 0 Å². The Hall–Kier alpha value is -1.50. The quantitative estimate of drug-likeness (QED) is 0.670. The normalized spacial score (nSPS) is 23.3. The average molecular weight is 401 g/mol. The Kier molecular flexibility index (Phi) is 6.83. The van der Waals surface area contributed by atoms with Crippen LogP contribution in [0.15, 0.2) is 18.3 Å². The number of carbonyl (C=O) groups excluding carboxylic acids is 1. The van der Waals surface area contributed by atoms with Gasteiger partial charge in [0.15, 0.2) is 0 Å². The second-order valence-electron chi connectivity index (χ2n) is 9.15. The molecule has 3 fully saturated rings.